The van der Waals surface area contributed by atoms with Gasteiger partial charge < -0.3 is 4.57 Å². The first kappa shape index (κ1) is 12.7. The molecule has 2 heteroatoms. The van der Waals surface area contributed by atoms with E-state index in [1.165, 1.54) is 16.5 Å². The summed E-state index contributed by atoms with van der Waals surface area (Å²) in [6.45, 7) is 2.82. The van der Waals surface area contributed by atoms with Crippen LogP contribution in [0.25, 0.3) is 10.9 Å². The van der Waals surface area contributed by atoms with Gasteiger partial charge in [-0.15, -0.1) is 0 Å². The standard InChI is InChI=1S/C18H17NO/c1-14-7-8-17-16(13-14)9-11-19(17)12-10-18(20)15-5-3-2-4-6-15/h2-9,11,13H,10,12H2,1H3. The number of aryl methyl sites for hydroxylation is 2. The molecule has 0 fully saturated rings. The van der Waals surface area contributed by atoms with Crippen LogP contribution in [0.4, 0.5) is 0 Å². The average molecular weight is 263 g/mol. The molecule has 2 aromatic carbocycles. The van der Waals surface area contributed by atoms with Crippen molar-refractivity contribution in [2.45, 2.75) is 19.9 Å². The van der Waals surface area contributed by atoms with Crippen LogP contribution in [0.15, 0.2) is 60.8 Å². The van der Waals surface area contributed by atoms with E-state index in [1.807, 2.05) is 30.3 Å². The zero-order valence-corrected chi connectivity index (χ0v) is 11.5. The van der Waals surface area contributed by atoms with Crippen LogP contribution < -0.4 is 0 Å². The number of carbonyl (C=O) groups excluding carboxylic acids is 1. The largest absolute Gasteiger partial charge is 0.347 e. The Labute approximate surface area is 118 Å². The van der Waals surface area contributed by atoms with Crippen molar-refractivity contribution in [1.82, 2.24) is 4.57 Å². The van der Waals surface area contributed by atoms with Crippen LogP contribution in [0.2, 0.25) is 0 Å². The lowest BCUT2D eigenvalue weighted by Crippen LogP contribution is -2.05. The topological polar surface area (TPSA) is 22.0 Å². The predicted octanol–water partition coefficient (Wildman–Crippen LogP) is 4.22. The Hall–Kier alpha value is -2.35. The number of rotatable bonds is 4. The summed E-state index contributed by atoms with van der Waals surface area (Å²) < 4.78 is 2.15. The van der Waals surface area contributed by atoms with E-state index in [0.717, 1.165) is 12.1 Å². The lowest BCUT2D eigenvalue weighted by atomic mass is 10.1. The molecular weight excluding hydrogens is 246 g/mol. The fourth-order valence-electron chi connectivity index (χ4n) is 2.50. The molecule has 2 nitrogen and oxygen atoms in total. The summed E-state index contributed by atoms with van der Waals surface area (Å²) in [5.41, 5.74) is 3.24. The highest BCUT2D eigenvalue weighted by Crippen LogP contribution is 2.18. The number of ketones is 1. The van der Waals surface area contributed by atoms with Gasteiger partial charge in [-0.1, -0.05) is 42.0 Å². The number of nitrogens with zero attached hydrogens (tertiary/aromatic N) is 1. The molecule has 0 aliphatic carbocycles. The third-order valence-electron chi connectivity index (χ3n) is 3.60. The first-order valence-electron chi connectivity index (χ1n) is 6.88. The van der Waals surface area contributed by atoms with Crippen molar-refractivity contribution in [2.75, 3.05) is 0 Å². The lowest BCUT2D eigenvalue weighted by Gasteiger charge is -2.05. The van der Waals surface area contributed by atoms with Crippen LogP contribution in [0, 0.1) is 6.92 Å². The van der Waals surface area contributed by atoms with E-state index < -0.39 is 0 Å². The minimum absolute atomic E-state index is 0.194. The second-order valence-electron chi connectivity index (χ2n) is 5.11. The number of carbonyl (C=O) groups is 1. The number of Topliss-reactive ketones (excluding diaryl/α,β-unsaturated/α-hetero) is 1. The Balaban J connectivity index is 1.76. The second-order valence-corrected chi connectivity index (χ2v) is 5.11. The van der Waals surface area contributed by atoms with Gasteiger partial charge in [-0.2, -0.15) is 0 Å². The van der Waals surface area contributed by atoms with Crippen molar-refractivity contribution in [1.29, 1.82) is 0 Å². The van der Waals surface area contributed by atoms with E-state index in [-0.39, 0.29) is 5.78 Å². The summed E-state index contributed by atoms with van der Waals surface area (Å²) in [7, 11) is 0. The number of fused-ring (bicyclic) bond motifs is 1. The van der Waals surface area contributed by atoms with Gasteiger partial charge in [0.15, 0.2) is 5.78 Å². The maximum Gasteiger partial charge on any atom is 0.164 e. The van der Waals surface area contributed by atoms with E-state index in [0.29, 0.717) is 6.42 Å². The van der Waals surface area contributed by atoms with Gasteiger partial charge >= 0.3 is 0 Å². The molecule has 0 spiro atoms. The molecule has 1 heterocycles. The third kappa shape index (κ3) is 2.50. The quantitative estimate of drug-likeness (QED) is 0.646. The highest BCUT2D eigenvalue weighted by molar-refractivity contribution is 5.96. The Morgan fingerprint density at radius 3 is 2.65 bits per heavy atom. The molecular formula is C18H17NO. The SMILES string of the molecule is Cc1ccc2c(ccn2CCC(=O)c2ccccc2)c1. The van der Waals surface area contributed by atoms with Gasteiger partial charge in [0.05, 0.1) is 0 Å². The molecule has 0 amide bonds. The van der Waals surface area contributed by atoms with Crippen LogP contribution in [0.5, 0.6) is 0 Å². The summed E-state index contributed by atoms with van der Waals surface area (Å²) in [6.07, 6.45) is 2.59. The fourth-order valence-corrected chi connectivity index (χ4v) is 2.50. The molecule has 0 radical (unpaired) electrons. The Morgan fingerprint density at radius 1 is 1.05 bits per heavy atom. The molecule has 20 heavy (non-hydrogen) atoms. The Morgan fingerprint density at radius 2 is 1.85 bits per heavy atom. The van der Waals surface area contributed by atoms with E-state index >= 15 is 0 Å². The first-order valence-corrected chi connectivity index (χ1v) is 6.88. The van der Waals surface area contributed by atoms with Crippen molar-refractivity contribution in [3.05, 3.63) is 71.9 Å². The monoisotopic (exact) mass is 263 g/mol. The van der Waals surface area contributed by atoms with Crippen LogP contribution in [0.1, 0.15) is 22.3 Å². The smallest absolute Gasteiger partial charge is 0.164 e. The molecule has 0 saturated heterocycles. The Kier molecular flexibility index (Phi) is 3.38. The molecule has 0 N–H and O–H groups in total. The molecule has 0 bridgehead atoms. The fraction of sp³-hybridized carbons (Fsp3) is 0.167. The summed E-state index contributed by atoms with van der Waals surface area (Å²) in [4.78, 5) is 12.1. The van der Waals surface area contributed by atoms with Gasteiger partial charge in [0.1, 0.15) is 0 Å². The second kappa shape index (κ2) is 5.33. The first-order chi connectivity index (χ1) is 9.74. The minimum Gasteiger partial charge on any atom is -0.347 e. The maximum absolute atomic E-state index is 12.1. The molecule has 1 aromatic heterocycles. The van der Waals surface area contributed by atoms with Crippen LogP contribution in [-0.4, -0.2) is 10.4 Å². The Bertz CT molecular complexity index is 740. The number of aromatic nitrogens is 1. The molecule has 0 saturated carbocycles. The number of hydrogen-bond donors (Lipinski definition) is 0. The van der Waals surface area contributed by atoms with Crippen LogP contribution >= 0.6 is 0 Å². The third-order valence-corrected chi connectivity index (χ3v) is 3.60. The van der Waals surface area contributed by atoms with Crippen molar-refractivity contribution in [3.63, 3.8) is 0 Å². The van der Waals surface area contributed by atoms with E-state index in [1.54, 1.807) is 0 Å². The summed E-state index contributed by atoms with van der Waals surface area (Å²) in [5, 5.41) is 1.23. The van der Waals surface area contributed by atoms with Crippen molar-refractivity contribution in [3.8, 4) is 0 Å². The molecule has 0 aliphatic heterocycles. The number of hydrogen-bond acceptors (Lipinski definition) is 1. The summed E-state index contributed by atoms with van der Waals surface area (Å²) in [5.74, 6) is 0.194. The van der Waals surface area contributed by atoms with Gasteiger partial charge in [0.25, 0.3) is 0 Å². The van der Waals surface area contributed by atoms with Gasteiger partial charge in [-0.3, -0.25) is 4.79 Å². The van der Waals surface area contributed by atoms with E-state index in [9.17, 15) is 4.79 Å². The van der Waals surface area contributed by atoms with E-state index in [4.69, 9.17) is 0 Å². The van der Waals surface area contributed by atoms with Gasteiger partial charge in [-0.25, -0.2) is 0 Å². The maximum atomic E-state index is 12.1. The van der Waals surface area contributed by atoms with E-state index in [2.05, 4.69) is 42.0 Å². The highest BCUT2D eigenvalue weighted by atomic mass is 16.1. The highest BCUT2D eigenvalue weighted by Gasteiger charge is 2.06. The summed E-state index contributed by atoms with van der Waals surface area (Å²) >= 11 is 0. The summed E-state index contributed by atoms with van der Waals surface area (Å²) in [6, 6.07) is 18.0. The molecule has 0 atom stereocenters. The zero-order chi connectivity index (χ0) is 13.9. The van der Waals surface area contributed by atoms with Crippen molar-refractivity contribution >= 4 is 16.7 Å². The minimum atomic E-state index is 0.194. The molecule has 0 aliphatic rings. The number of benzene rings is 2. The van der Waals surface area contributed by atoms with Crippen molar-refractivity contribution in [2.24, 2.45) is 0 Å². The zero-order valence-electron chi connectivity index (χ0n) is 11.5. The van der Waals surface area contributed by atoms with Crippen molar-refractivity contribution < 1.29 is 4.79 Å². The van der Waals surface area contributed by atoms with Crippen LogP contribution in [0.3, 0.4) is 0 Å². The molecule has 3 aromatic rings. The molecule has 3 rings (SSSR count). The predicted molar refractivity (Wildman–Crippen MR) is 82.1 cm³/mol. The average Bonchev–Trinajstić information content (AvgIpc) is 2.88. The van der Waals surface area contributed by atoms with Gasteiger partial charge in [0, 0.05) is 30.2 Å². The van der Waals surface area contributed by atoms with Crippen LogP contribution in [-0.2, 0) is 6.54 Å². The molecule has 0 unspecified atom stereocenters. The van der Waals surface area contributed by atoms with Gasteiger partial charge in [-0.05, 0) is 30.5 Å². The molecule has 100 valence electrons. The lowest BCUT2D eigenvalue weighted by molar-refractivity contribution is 0.0977. The van der Waals surface area contributed by atoms with Gasteiger partial charge in [0.2, 0.25) is 0 Å². The normalized spacial score (nSPS) is 10.8.